The van der Waals surface area contributed by atoms with Gasteiger partial charge in [0.2, 0.25) is 0 Å². The van der Waals surface area contributed by atoms with E-state index in [0.717, 1.165) is 0 Å². The Morgan fingerprint density at radius 3 is 2.65 bits per heavy atom. The maximum absolute atomic E-state index is 12.4. The molecule has 1 heterocycles. The van der Waals surface area contributed by atoms with E-state index in [9.17, 15) is 14.4 Å². The molecule has 0 fully saturated rings. The number of carboxylic acids is 1. The number of carbonyl (C=O) groups is 3. The fourth-order valence-corrected chi connectivity index (χ4v) is 2.72. The van der Waals surface area contributed by atoms with Crippen molar-refractivity contribution in [3.05, 3.63) is 45.9 Å². The van der Waals surface area contributed by atoms with Crippen LogP contribution in [0.2, 0.25) is 0 Å². The molecule has 2 aromatic rings. The Labute approximate surface area is 154 Å². The third-order valence-corrected chi connectivity index (χ3v) is 4.29. The van der Waals surface area contributed by atoms with Gasteiger partial charge in [0.25, 0.3) is 11.8 Å². The number of thiazole rings is 1. The number of hydrogen-bond acceptors (Lipinski definition) is 6. The minimum atomic E-state index is -1.07. The average molecular weight is 377 g/mol. The highest BCUT2D eigenvalue weighted by Crippen LogP contribution is 2.18. The van der Waals surface area contributed by atoms with Gasteiger partial charge >= 0.3 is 5.97 Å². The first kappa shape index (κ1) is 19.4. The van der Waals surface area contributed by atoms with Crippen LogP contribution >= 0.6 is 11.3 Å². The van der Waals surface area contributed by atoms with Crippen molar-refractivity contribution in [1.29, 1.82) is 0 Å². The van der Waals surface area contributed by atoms with Crippen LogP contribution in [0.25, 0.3) is 0 Å². The third-order valence-electron chi connectivity index (χ3n) is 3.38. The zero-order valence-corrected chi connectivity index (χ0v) is 15.2. The molecule has 0 spiro atoms. The number of rotatable bonds is 8. The van der Waals surface area contributed by atoms with E-state index >= 15 is 0 Å². The summed E-state index contributed by atoms with van der Waals surface area (Å²) < 4.78 is 5.45. The zero-order chi connectivity index (χ0) is 19.1. The lowest BCUT2D eigenvalue weighted by molar-refractivity contribution is -0.130. The van der Waals surface area contributed by atoms with Gasteiger partial charge in [-0.25, -0.2) is 9.78 Å². The van der Waals surface area contributed by atoms with Gasteiger partial charge < -0.3 is 20.1 Å². The van der Waals surface area contributed by atoms with Crippen molar-refractivity contribution >= 4 is 29.1 Å². The van der Waals surface area contributed by atoms with Gasteiger partial charge in [-0.05, 0) is 12.1 Å². The molecule has 0 saturated carbocycles. The summed E-state index contributed by atoms with van der Waals surface area (Å²) in [5.74, 6) is -1.30. The minimum Gasteiger partial charge on any atom is -0.483 e. The van der Waals surface area contributed by atoms with E-state index in [1.807, 2.05) is 0 Å². The summed E-state index contributed by atoms with van der Waals surface area (Å²) in [6.07, 6.45) is 0.422. The van der Waals surface area contributed by atoms with Crippen LogP contribution in [-0.4, -0.2) is 60.0 Å². The number of para-hydroxylation sites is 1. The Hall–Kier alpha value is -2.94. The van der Waals surface area contributed by atoms with Crippen molar-refractivity contribution in [2.45, 2.75) is 6.42 Å². The fraction of sp³-hybridized carbons (Fsp3) is 0.294. The number of aromatic nitrogens is 1. The molecule has 8 nitrogen and oxygen atoms in total. The molecule has 2 amide bonds. The molecule has 0 aliphatic rings. The summed E-state index contributed by atoms with van der Waals surface area (Å²) in [5.41, 5.74) is 0.324. The van der Waals surface area contributed by atoms with Crippen LogP contribution in [0.3, 0.4) is 0 Å². The summed E-state index contributed by atoms with van der Waals surface area (Å²) in [7, 11) is 3.25. The molecular weight excluding hydrogens is 358 g/mol. The molecule has 1 aromatic carbocycles. The number of hydrogen-bond donors (Lipinski definition) is 2. The Balaban J connectivity index is 1.92. The SMILES string of the molecule is CN(C)C(=O)COc1ccccc1C(=O)NCCc1nc(C(=O)O)cs1. The van der Waals surface area contributed by atoms with E-state index in [1.165, 1.54) is 21.6 Å². The zero-order valence-electron chi connectivity index (χ0n) is 14.4. The molecule has 9 heteroatoms. The van der Waals surface area contributed by atoms with E-state index in [0.29, 0.717) is 29.3 Å². The molecule has 26 heavy (non-hydrogen) atoms. The molecule has 0 radical (unpaired) electrons. The van der Waals surface area contributed by atoms with Crippen molar-refractivity contribution in [3.8, 4) is 5.75 Å². The maximum Gasteiger partial charge on any atom is 0.355 e. The summed E-state index contributed by atoms with van der Waals surface area (Å²) in [6, 6.07) is 6.65. The molecule has 0 unspecified atom stereocenters. The van der Waals surface area contributed by atoms with E-state index in [4.69, 9.17) is 9.84 Å². The fourth-order valence-electron chi connectivity index (χ4n) is 1.95. The molecule has 0 aliphatic heterocycles. The summed E-state index contributed by atoms with van der Waals surface area (Å²) >= 11 is 1.23. The molecule has 1 aromatic heterocycles. The largest absolute Gasteiger partial charge is 0.483 e. The van der Waals surface area contributed by atoms with Gasteiger partial charge in [-0.1, -0.05) is 12.1 Å². The summed E-state index contributed by atoms with van der Waals surface area (Å²) in [6.45, 7) is 0.144. The predicted molar refractivity (Wildman–Crippen MR) is 95.7 cm³/mol. The quantitative estimate of drug-likeness (QED) is 0.717. The van der Waals surface area contributed by atoms with Crippen LogP contribution in [-0.2, 0) is 11.2 Å². The maximum atomic E-state index is 12.4. The minimum absolute atomic E-state index is 0.000585. The monoisotopic (exact) mass is 377 g/mol. The lowest BCUT2D eigenvalue weighted by atomic mass is 10.2. The number of nitrogens with one attached hydrogen (secondary N) is 1. The lowest BCUT2D eigenvalue weighted by Gasteiger charge is -2.13. The number of aromatic carboxylic acids is 1. The molecule has 0 atom stereocenters. The summed E-state index contributed by atoms with van der Waals surface area (Å²) in [4.78, 5) is 40.2. The molecule has 0 saturated heterocycles. The van der Waals surface area contributed by atoms with Gasteiger partial charge in [-0.3, -0.25) is 9.59 Å². The van der Waals surface area contributed by atoms with E-state index in [2.05, 4.69) is 10.3 Å². The molecule has 2 N–H and O–H groups in total. The second kappa shape index (κ2) is 8.95. The highest BCUT2D eigenvalue weighted by Gasteiger charge is 2.14. The van der Waals surface area contributed by atoms with E-state index in [-0.39, 0.29) is 24.1 Å². The smallest absolute Gasteiger partial charge is 0.355 e. The highest BCUT2D eigenvalue weighted by molar-refractivity contribution is 7.09. The van der Waals surface area contributed by atoms with Crippen LogP contribution in [0.4, 0.5) is 0 Å². The topological polar surface area (TPSA) is 109 Å². The lowest BCUT2D eigenvalue weighted by Crippen LogP contribution is -2.29. The van der Waals surface area contributed by atoms with E-state index in [1.54, 1.807) is 38.4 Å². The third kappa shape index (κ3) is 5.28. The number of carbonyl (C=O) groups excluding carboxylic acids is 2. The standard InChI is InChI=1S/C17H19N3O5S/c1-20(2)15(21)9-25-13-6-4-3-5-11(13)16(22)18-8-7-14-19-12(10-26-14)17(23)24/h3-6,10H,7-9H2,1-2H3,(H,18,22)(H,23,24). The van der Waals surface area contributed by atoms with Gasteiger partial charge in [0.15, 0.2) is 12.3 Å². The molecule has 2 rings (SSSR count). The molecule has 0 bridgehead atoms. The Kier molecular flexibility index (Phi) is 6.67. The van der Waals surface area contributed by atoms with Gasteiger partial charge in [-0.2, -0.15) is 0 Å². The molecular formula is C17H19N3O5S. The number of likely N-dealkylation sites (N-methyl/N-ethyl adjacent to an activating group) is 1. The first-order chi connectivity index (χ1) is 12.4. The van der Waals surface area contributed by atoms with Crippen LogP contribution in [0, 0.1) is 0 Å². The second-order valence-corrected chi connectivity index (χ2v) is 6.45. The Morgan fingerprint density at radius 1 is 1.27 bits per heavy atom. The first-order valence-electron chi connectivity index (χ1n) is 7.76. The molecule has 138 valence electrons. The Morgan fingerprint density at radius 2 is 2.00 bits per heavy atom. The van der Waals surface area contributed by atoms with Crippen LogP contribution in [0.15, 0.2) is 29.6 Å². The number of benzene rings is 1. The normalized spacial score (nSPS) is 10.2. The van der Waals surface area contributed by atoms with Crippen LogP contribution < -0.4 is 10.1 Å². The van der Waals surface area contributed by atoms with E-state index < -0.39 is 5.97 Å². The number of ether oxygens (including phenoxy) is 1. The number of nitrogens with zero attached hydrogens (tertiary/aromatic N) is 2. The molecule has 0 aliphatic carbocycles. The number of amides is 2. The second-order valence-electron chi connectivity index (χ2n) is 5.51. The van der Waals surface area contributed by atoms with Crippen molar-refractivity contribution < 1.29 is 24.2 Å². The summed E-state index contributed by atoms with van der Waals surface area (Å²) in [5, 5.41) is 13.7. The van der Waals surface area contributed by atoms with Gasteiger partial charge in [-0.15, -0.1) is 11.3 Å². The highest BCUT2D eigenvalue weighted by atomic mass is 32.1. The first-order valence-corrected chi connectivity index (χ1v) is 8.64. The van der Waals surface area contributed by atoms with Gasteiger partial charge in [0.1, 0.15) is 5.75 Å². The van der Waals surface area contributed by atoms with Crippen LogP contribution in [0.1, 0.15) is 25.9 Å². The van der Waals surface area contributed by atoms with Gasteiger partial charge in [0.05, 0.1) is 10.6 Å². The van der Waals surface area contributed by atoms with Gasteiger partial charge in [0, 0.05) is 32.4 Å². The number of carboxylic acid groups (broad SMARTS) is 1. The average Bonchev–Trinajstić information content (AvgIpc) is 3.09. The van der Waals surface area contributed by atoms with Crippen molar-refractivity contribution in [2.24, 2.45) is 0 Å². The van der Waals surface area contributed by atoms with Crippen molar-refractivity contribution in [2.75, 3.05) is 27.2 Å². The van der Waals surface area contributed by atoms with Crippen molar-refractivity contribution in [1.82, 2.24) is 15.2 Å². The Bertz CT molecular complexity index is 803. The van der Waals surface area contributed by atoms with Crippen molar-refractivity contribution in [3.63, 3.8) is 0 Å². The van der Waals surface area contributed by atoms with Crippen LogP contribution in [0.5, 0.6) is 5.75 Å². The predicted octanol–water partition coefficient (Wildman–Crippen LogP) is 1.28.